The van der Waals surface area contributed by atoms with Crippen LogP contribution in [0.1, 0.15) is 21.2 Å². The van der Waals surface area contributed by atoms with E-state index in [2.05, 4.69) is 0 Å². The molecular weight excluding hydrogens is 326 g/mol. The summed E-state index contributed by atoms with van der Waals surface area (Å²) in [5, 5.41) is -0.672. The second-order valence-electron chi connectivity index (χ2n) is 5.75. The Morgan fingerprint density at radius 1 is 1.08 bits per heavy atom. The lowest BCUT2D eigenvalue weighted by atomic mass is 10.1. The van der Waals surface area contributed by atoms with Gasteiger partial charge < -0.3 is 9.64 Å². The van der Waals surface area contributed by atoms with Crippen molar-refractivity contribution in [2.45, 2.75) is 5.25 Å². The minimum absolute atomic E-state index is 0.0194. The zero-order chi connectivity index (χ0) is 17.2. The minimum atomic E-state index is -3.25. The molecular formula is C18H19NO4S. The van der Waals surface area contributed by atoms with E-state index in [-0.39, 0.29) is 24.7 Å². The fourth-order valence-electron chi connectivity index (χ4n) is 2.87. The Labute approximate surface area is 141 Å². The number of amides is 1. The predicted octanol–water partition coefficient (Wildman–Crippen LogP) is 2.31. The van der Waals surface area contributed by atoms with Crippen LogP contribution in [0.3, 0.4) is 0 Å². The molecule has 0 saturated carbocycles. The normalized spacial score (nSPS) is 19.7. The maximum absolute atomic E-state index is 12.7. The van der Waals surface area contributed by atoms with Crippen molar-refractivity contribution in [3.05, 3.63) is 65.7 Å². The molecule has 1 fully saturated rings. The molecule has 1 amide bonds. The zero-order valence-electron chi connectivity index (χ0n) is 13.4. The van der Waals surface area contributed by atoms with Crippen molar-refractivity contribution in [3.8, 4) is 5.75 Å². The molecule has 3 rings (SSSR count). The topological polar surface area (TPSA) is 63.7 Å². The largest absolute Gasteiger partial charge is 0.497 e. The van der Waals surface area contributed by atoms with Gasteiger partial charge in [0.05, 0.1) is 12.9 Å². The lowest BCUT2D eigenvalue weighted by Gasteiger charge is -2.33. The van der Waals surface area contributed by atoms with E-state index in [4.69, 9.17) is 4.74 Å². The van der Waals surface area contributed by atoms with Gasteiger partial charge in [-0.3, -0.25) is 4.79 Å². The van der Waals surface area contributed by atoms with Crippen LogP contribution in [0.4, 0.5) is 0 Å². The van der Waals surface area contributed by atoms with E-state index < -0.39 is 15.1 Å². The number of sulfone groups is 1. The maximum Gasteiger partial charge on any atom is 0.253 e. The van der Waals surface area contributed by atoms with Crippen molar-refractivity contribution >= 4 is 15.7 Å². The van der Waals surface area contributed by atoms with E-state index in [0.29, 0.717) is 11.3 Å². The maximum atomic E-state index is 12.7. The average Bonchev–Trinajstić information content (AvgIpc) is 2.62. The molecule has 0 radical (unpaired) electrons. The van der Waals surface area contributed by atoms with Crippen molar-refractivity contribution in [1.29, 1.82) is 0 Å². The lowest BCUT2D eigenvalue weighted by Crippen LogP contribution is -2.45. The highest BCUT2D eigenvalue weighted by Crippen LogP contribution is 2.28. The number of carbonyl (C=O) groups excluding carboxylic acids is 1. The number of hydrogen-bond acceptors (Lipinski definition) is 4. The number of methoxy groups -OCH3 is 1. The highest BCUT2D eigenvalue weighted by molar-refractivity contribution is 7.91. The minimum Gasteiger partial charge on any atom is -0.497 e. The van der Waals surface area contributed by atoms with Crippen LogP contribution in [0.2, 0.25) is 0 Å². The lowest BCUT2D eigenvalue weighted by molar-refractivity contribution is 0.0758. The summed E-state index contributed by atoms with van der Waals surface area (Å²) in [7, 11) is -1.68. The molecule has 1 aliphatic heterocycles. The van der Waals surface area contributed by atoms with Crippen molar-refractivity contribution in [2.24, 2.45) is 0 Å². The number of rotatable bonds is 3. The van der Waals surface area contributed by atoms with E-state index in [1.54, 1.807) is 48.4 Å². The van der Waals surface area contributed by atoms with E-state index in [1.165, 1.54) is 0 Å². The molecule has 0 aliphatic carbocycles. The van der Waals surface area contributed by atoms with Gasteiger partial charge in [-0.25, -0.2) is 8.42 Å². The number of nitrogens with zero attached hydrogens (tertiary/aromatic N) is 1. The Morgan fingerprint density at radius 3 is 2.38 bits per heavy atom. The summed E-state index contributed by atoms with van der Waals surface area (Å²) in [5.41, 5.74) is 1.26. The summed E-state index contributed by atoms with van der Waals surface area (Å²) >= 11 is 0. The molecule has 0 N–H and O–H groups in total. The molecule has 0 aromatic heterocycles. The fourth-order valence-corrected chi connectivity index (χ4v) is 4.60. The van der Waals surface area contributed by atoms with E-state index in [9.17, 15) is 13.2 Å². The molecule has 1 heterocycles. The van der Waals surface area contributed by atoms with Crippen LogP contribution in [0.5, 0.6) is 5.75 Å². The van der Waals surface area contributed by atoms with Crippen LogP contribution in [0.15, 0.2) is 54.6 Å². The highest BCUT2D eigenvalue weighted by Gasteiger charge is 2.36. The number of ether oxygens (including phenoxy) is 1. The quantitative estimate of drug-likeness (QED) is 0.856. The van der Waals surface area contributed by atoms with Crippen LogP contribution in [-0.2, 0) is 9.84 Å². The van der Waals surface area contributed by atoms with Crippen molar-refractivity contribution in [2.75, 3.05) is 26.0 Å². The molecule has 2 aromatic carbocycles. The van der Waals surface area contributed by atoms with Crippen LogP contribution in [-0.4, -0.2) is 45.2 Å². The van der Waals surface area contributed by atoms with E-state index >= 15 is 0 Å². The van der Waals surface area contributed by atoms with Gasteiger partial charge in [0.1, 0.15) is 11.0 Å². The molecule has 1 atom stereocenters. The SMILES string of the molecule is COc1ccc(C(=O)N2CCS(=O)(=O)C(c3ccccc3)C2)cc1. The van der Waals surface area contributed by atoms with Gasteiger partial charge in [0, 0.05) is 18.7 Å². The smallest absolute Gasteiger partial charge is 0.253 e. The standard InChI is InChI=1S/C18H19NO4S/c1-23-16-9-7-15(8-10-16)18(20)19-11-12-24(21,22)17(13-19)14-5-3-2-4-6-14/h2-10,17H,11-13H2,1H3. The first-order valence-electron chi connectivity index (χ1n) is 7.71. The van der Waals surface area contributed by atoms with Gasteiger partial charge in [-0.15, -0.1) is 0 Å². The van der Waals surface area contributed by atoms with E-state index in [1.807, 2.05) is 18.2 Å². The third-order valence-electron chi connectivity index (χ3n) is 4.26. The molecule has 0 bridgehead atoms. The molecule has 24 heavy (non-hydrogen) atoms. The highest BCUT2D eigenvalue weighted by atomic mass is 32.2. The van der Waals surface area contributed by atoms with Crippen molar-refractivity contribution in [3.63, 3.8) is 0 Å². The first-order valence-corrected chi connectivity index (χ1v) is 9.42. The van der Waals surface area contributed by atoms with Crippen LogP contribution in [0, 0.1) is 0 Å². The monoisotopic (exact) mass is 345 g/mol. The second kappa shape index (κ2) is 6.65. The molecule has 5 nitrogen and oxygen atoms in total. The Hall–Kier alpha value is -2.34. The summed E-state index contributed by atoms with van der Waals surface area (Å²) in [5.74, 6) is 0.498. The first kappa shape index (κ1) is 16.5. The molecule has 2 aromatic rings. The number of carbonyl (C=O) groups is 1. The van der Waals surface area contributed by atoms with Gasteiger partial charge in [-0.05, 0) is 29.8 Å². The van der Waals surface area contributed by atoms with E-state index in [0.717, 1.165) is 5.56 Å². The molecule has 1 saturated heterocycles. The van der Waals surface area contributed by atoms with Gasteiger partial charge in [-0.2, -0.15) is 0 Å². The summed E-state index contributed by atoms with van der Waals surface area (Å²) in [6.07, 6.45) is 0. The average molecular weight is 345 g/mol. The van der Waals surface area contributed by atoms with Crippen LogP contribution in [0.25, 0.3) is 0 Å². The summed E-state index contributed by atoms with van der Waals surface area (Å²) in [6.45, 7) is 0.397. The zero-order valence-corrected chi connectivity index (χ0v) is 14.2. The summed E-state index contributed by atoms with van der Waals surface area (Å²) in [4.78, 5) is 14.3. The molecule has 126 valence electrons. The second-order valence-corrected chi connectivity index (χ2v) is 8.05. The van der Waals surface area contributed by atoms with Crippen LogP contribution < -0.4 is 4.74 Å². The van der Waals surface area contributed by atoms with Gasteiger partial charge >= 0.3 is 0 Å². The van der Waals surface area contributed by atoms with Gasteiger partial charge in [0.25, 0.3) is 5.91 Å². The Morgan fingerprint density at radius 2 is 1.75 bits per heavy atom. The third kappa shape index (κ3) is 3.28. The Kier molecular flexibility index (Phi) is 4.57. The first-order chi connectivity index (χ1) is 11.5. The summed E-state index contributed by atoms with van der Waals surface area (Å²) in [6, 6.07) is 15.9. The van der Waals surface area contributed by atoms with Gasteiger partial charge in [0.2, 0.25) is 0 Å². The molecule has 0 spiro atoms. The third-order valence-corrected chi connectivity index (χ3v) is 6.30. The number of benzene rings is 2. The van der Waals surface area contributed by atoms with Gasteiger partial charge in [0.15, 0.2) is 9.84 Å². The summed E-state index contributed by atoms with van der Waals surface area (Å²) < 4.78 is 29.9. The predicted molar refractivity (Wildman–Crippen MR) is 91.9 cm³/mol. The van der Waals surface area contributed by atoms with Crippen molar-refractivity contribution < 1.29 is 17.9 Å². The molecule has 1 unspecified atom stereocenters. The fraction of sp³-hybridized carbons (Fsp3) is 0.278. The van der Waals surface area contributed by atoms with Crippen LogP contribution >= 0.6 is 0 Å². The number of hydrogen-bond donors (Lipinski definition) is 0. The molecule has 1 aliphatic rings. The Bertz CT molecular complexity index is 816. The van der Waals surface area contributed by atoms with Gasteiger partial charge in [-0.1, -0.05) is 30.3 Å². The Balaban J connectivity index is 1.83. The molecule has 6 heteroatoms. The van der Waals surface area contributed by atoms with Crippen molar-refractivity contribution in [1.82, 2.24) is 4.90 Å².